The Morgan fingerprint density at radius 2 is 1.90 bits per heavy atom. The van der Waals surface area contributed by atoms with Crippen molar-refractivity contribution in [3.63, 3.8) is 0 Å². The number of ether oxygens (including phenoxy) is 2. The van der Waals surface area contributed by atoms with Crippen LogP contribution in [0.1, 0.15) is 92.7 Å². The number of carbonyl (C=O) groups excluding carboxylic acids is 1. The predicted octanol–water partition coefficient (Wildman–Crippen LogP) is 8.03. The van der Waals surface area contributed by atoms with Crippen LogP contribution in [0, 0.1) is 18.8 Å². The first-order valence-electron chi connectivity index (χ1n) is 14.7. The third kappa shape index (κ3) is 7.87. The maximum absolute atomic E-state index is 13.4. The van der Waals surface area contributed by atoms with Gasteiger partial charge in [-0.05, 0) is 68.4 Å². The monoisotopic (exact) mass is 551 g/mol. The van der Waals surface area contributed by atoms with Crippen molar-refractivity contribution in [3.05, 3.63) is 52.0 Å². The van der Waals surface area contributed by atoms with Crippen LogP contribution in [0.15, 0.2) is 35.7 Å². The van der Waals surface area contributed by atoms with Crippen molar-refractivity contribution in [3.8, 4) is 22.9 Å². The summed E-state index contributed by atoms with van der Waals surface area (Å²) in [4.78, 5) is 18.3. The van der Waals surface area contributed by atoms with Gasteiger partial charge >= 0.3 is 0 Å². The fourth-order valence-corrected chi connectivity index (χ4v) is 6.24. The van der Waals surface area contributed by atoms with Gasteiger partial charge in [-0.2, -0.15) is 0 Å². The van der Waals surface area contributed by atoms with Crippen LogP contribution in [-0.2, 0) is 13.2 Å². The quantitative estimate of drug-likeness (QED) is 0.220. The van der Waals surface area contributed by atoms with Gasteiger partial charge in [-0.25, -0.2) is 4.98 Å². The molecule has 39 heavy (non-hydrogen) atoms. The molecule has 212 valence electrons. The van der Waals surface area contributed by atoms with Crippen molar-refractivity contribution < 1.29 is 14.3 Å². The molecule has 0 saturated heterocycles. The fourth-order valence-electron chi connectivity index (χ4n) is 5.54. The minimum absolute atomic E-state index is 0.0318. The molecule has 0 aliphatic heterocycles. The van der Waals surface area contributed by atoms with Crippen molar-refractivity contribution in [2.24, 2.45) is 11.8 Å². The smallest absolute Gasteiger partial charge is 0.253 e. The van der Waals surface area contributed by atoms with Gasteiger partial charge in [-0.1, -0.05) is 52.4 Å². The van der Waals surface area contributed by atoms with E-state index in [1.165, 1.54) is 51.4 Å². The average Bonchev–Trinajstić information content (AvgIpc) is 3.57. The lowest BCUT2D eigenvalue weighted by atomic mass is 9.89. The van der Waals surface area contributed by atoms with Crippen LogP contribution in [0.4, 0.5) is 0 Å². The molecule has 1 aromatic carbocycles. The zero-order valence-corrected chi connectivity index (χ0v) is 24.9. The third-order valence-corrected chi connectivity index (χ3v) is 8.93. The molecule has 1 atom stereocenters. The Balaban J connectivity index is 1.51. The van der Waals surface area contributed by atoms with E-state index in [1.807, 2.05) is 24.3 Å². The Hall–Kier alpha value is -2.80. The highest BCUT2D eigenvalue weighted by Crippen LogP contribution is 2.32. The number of hydrogen-bond donors (Lipinski definition) is 1. The Kier molecular flexibility index (Phi) is 10.9. The molecule has 1 N–H and O–H groups in total. The van der Waals surface area contributed by atoms with Crippen LogP contribution in [0.3, 0.4) is 0 Å². The van der Waals surface area contributed by atoms with E-state index in [-0.39, 0.29) is 5.91 Å². The number of methoxy groups -OCH3 is 1. The van der Waals surface area contributed by atoms with Gasteiger partial charge in [-0.3, -0.25) is 4.79 Å². The number of hydrogen-bond acceptors (Lipinski definition) is 5. The van der Waals surface area contributed by atoms with E-state index in [0.29, 0.717) is 18.4 Å². The van der Waals surface area contributed by atoms with E-state index in [9.17, 15) is 4.79 Å². The van der Waals surface area contributed by atoms with E-state index in [1.54, 1.807) is 18.4 Å². The molecular formula is C32H45N3O3S. The minimum atomic E-state index is 0.0318. The van der Waals surface area contributed by atoms with E-state index >= 15 is 0 Å². The number of amides is 1. The first-order valence-corrected chi connectivity index (χ1v) is 15.6. The summed E-state index contributed by atoms with van der Waals surface area (Å²) in [6.07, 6.45) is 11.1. The second-order valence-corrected chi connectivity index (χ2v) is 11.8. The van der Waals surface area contributed by atoms with E-state index < -0.39 is 0 Å². The third-order valence-electron chi connectivity index (χ3n) is 8.11. The number of unbranched alkanes of at least 4 members (excludes halogenated alkanes) is 1. The topological polar surface area (TPSA) is 65.4 Å². The number of nitrogens with zero attached hydrogens (tertiary/aromatic N) is 2. The molecule has 1 fully saturated rings. The highest BCUT2D eigenvalue weighted by atomic mass is 32.1. The van der Waals surface area contributed by atoms with Gasteiger partial charge in [-0.15, -0.1) is 11.3 Å². The summed E-state index contributed by atoms with van der Waals surface area (Å²) < 4.78 is 13.6. The Morgan fingerprint density at radius 3 is 2.59 bits per heavy atom. The molecule has 1 saturated carbocycles. The summed E-state index contributed by atoms with van der Waals surface area (Å²) in [7, 11) is 1.66. The number of nitrogens with one attached hydrogen (secondary N) is 1. The molecular weight excluding hydrogens is 506 g/mol. The first-order chi connectivity index (χ1) is 19.0. The molecule has 1 unspecified atom stereocenters. The number of thiazole rings is 1. The van der Waals surface area contributed by atoms with Crippen LogP contribution in [0.5, 0.6) is 11.5 Å². The molecule has 2 heterocycles. The zero-order valence-electron chi connectivity index (χ0n) is 24.1. The van der Waals surface area contributed by atoms with Gasteiger partial charge in [0.1, 0.15) is 23.1 Å². The lowest BCUT2D eigenvalue weighted by Gasteiger charge is -2.24. The molecule has 0 spiro atoms. The molecule has 1 aliphatic carbocycles. The van der Waals surface area contributed by atoms with Crippen molar-refractivity contribution in [2.75, 3.05) is 13.7 Å². The van der Waals surface area contributed by atoms with Gasteiger partial charge in [0.25, 0.3) is 5.91 Å². The Morgan fingerprint density at radius 1 is 1.15 bits per heavy atom. The highest BCUT2D eigenvalue weighted by Gasteiger charge is 2.23. The normalized spacial score (nSPS) is 14.8. The van der Waals surface area contributed by atoms with Gasteiger partial charge in [0, 0.05) is 24.2 Å². The second kappa shape index (κ2) is 14.5. The van der Waals surface area contributed by atoms with Gasteiger partial charge in [0.15, 0.2) is 0 Å². The van der Waals surface area contributed by atoms with Crippen molar-refractivity contribution in [1.29, 1.82) is 0 Å². The van der Waals surface area contributed by atoms with Crippen molar-refractivity contribution >= 4 is 17.2 Å². The van der Waals surface area contributed by atoms with Gasteiger partial charge in [0.2, 0.25) is 0 Å². The van der Waals surface area contributed by atoms with Crippen LogP contribution in [0.25, 0.3) is 11.4 Å². The summed E-state index contributed by atoms with van der Waals surface area (Å²) in [5, 5.41) is 6.26. The lowest BCUT2D eigenvalue weighted by molar-refractivity contribution is 0.0945. The summed E-state index contributed by atoms with van der Waals surface area (Å²) in [5.74, 6) is 2.80. The van der Waals surface area contributed by atoms with E-state index in [4.69, 9.17) is 14.5 Å². The highest BCUT2D eigenvalue weighted by molar-refractivity contribution is 7.09. The molecule has 1 aliphatic rings. The van der Waals surface area contributed by atoms with Gasteiger partial charge < -0.3 is 19.4 Å². The molecule has 3 aromatic rings. The van der Waals surface area contributed by atoms with Crippen molar-refractivity contribution in [1.82, 2.24) is 14.9 Å². The molecule has 6 nitrogen and oxygen atoms in total. The zero-order chi connectivity index (χ0) is 27.6. The van der Waals surface area contributed by atoms with E-state index in [2.05, 4.69) is 42.1 Å². The molecule has 0 radical (unpaired) electrons. The Labute approximate surface area is 238 Å². The van der Waals surface area contributed by atoms with Gasteiger partial charge in [0.05, 0.1) is 24.1 Å². The summed E-state index contributed by atoms with van der Waals surface area (Å²) in [6.45, 7) is 8.62. The van der Waals surface area contributed by atoms with Crippen LogP contribution < -0.4 is 14.8 Å². The first kappa shape index (κ1) is 29.2. The standard InChI is InChI=1S/C32H45N3O3S/c1-5-7-11-24(6-2)19-33-32(36)28-18-30(35(23(28)3)20-25-12-9-8-10-13-25)29-22-39-31(34-29)21-38-27-16-14-26(37-4)15-17-27/h14-18,22,24-25H,5-13,19-21H2,1-4H3,(H,33,36). The molecule has 4 rings (SSSR count). The van der Waals surface area contributed by atoms with E-state index in [0.717, 1.165) is 58.7 Å². The lowest BCUT2D eigenvalue weighted by Crippen LogP contribution is -2.29. The number of benzene rings is 1. The maximum Gasteiger partial charge on any atom is 0.253 e. The SMILES string of the molecule is CCCCC(CC)CNC(=O)c1cc(-c2csc(COc3ccc(OC)cc3)n2)n(CC2CCCCC2)c1C. The molecule has 7 heteroatoms. The number of rotatable bonds is 14. The van der Waals surface area contributed by atoms with Crippen LogP contribution in [0.2, 0.25) is 0 Å². The second-order valence-electron chi connectivity index (χ2n) is 10.9. The Bertz CT molecular complexity index is 1180. The number of carbonyl (C=O) groups is 1. The summed E-state index contributed by atoms with van der Waals surface area (Å²) in [5.41, 5.74) is 3.77. The minimum Gasteiger partial charge on any atom is -0.497 e. The molecule has 1 amide bonds. The molecule has 0 bridgehead atoms. The molecule has 2 aromatic heterocycles. The number of aromatic nitrogens is 2. The fraction of sp³-hybridized carbons (Fsp3) is 0.562. The average molecular weight is 552 g/mol. The predicted molar refractivity (Wildman–Crippen MR) is 160 cm³/mol. The van der Waals surface area contributed by atoms with Crippen LogP contribution >= 0.6 is 11.3 Å². The summed E-state index contributed by atoms with van der Waals surface area (Å²) >= 11 is 1.60. The van der Waals surface area contributed by atoms with Crippen LogP contribution in [-0.4, -0.2) is 29.1 Å². The maximum atomic E-state index is 13.4. The van der Waals surface area contributed by atoms with Crippen molar-refractivity contribution in [2.45, 2.75) is 91.7 Å². The largest absolute Gasteiger partial charge is 0.497 e. The summed E-state index contributed by atoms with van der Waals surface area (Å²) in [6, 6.07) is 9.65.